The number of thiazole rings is 1. The highest BCUT2D eigenvalue weighted by atomic mass is 32.1. The van der Waals surface area contributed by atoms with E-state index < -0.39 is 17.7 Å². The van der Waals surface area contributed by atoms with E-state index in [1.807, 2.05) is 24.3 Å². The number of para-hydroxylation sites is 2. The normalized spacial score (nSPS) is 11.1. The fourth-order valence-corrected chi connectivity index (χ4v) is 3.63. The van der Waals surface area contributed by atoms with E-state index >= 15 is 0 Å². The summed E-state index contributed by atoms with van der Waals surface area (Å²) >= 11 is 1.38. The molecule has 0 spiro atoms. The predicted octanol–water partition coefficient (Wildman–Crippen LogP) is 2.95. The summed E-state index contributed by atoms with van der Waals surface area (Å²) in [4.78, 5) is 27.7. The first-order valence-electron chi connectivity index (χ1n) is 9.25. The van der Waals surface area contributed by atoms with Gasteiger partial charge in [0, 0.05) is 42.7 Å². The largest absolute Gasteiger partial charge is 0.346 e. The Morgan fingerprint density at radius 1 is 1.17 bits per heavy atom. The Balaban J connectivity index is 1.23. The van der Waals surface area contributed by atoms with E-state index in [1.54, 1.807) is 5.38 Å². The van der Waals surface area contributed by atoms with Crippen molar-refractivity contribution in [2.45, 2.75) is 19.5 Å². The van der Waals surface area contributed by atoms with Gasteiger partial charge in [-0.15, -0.1) is 11.3 Å². The molecule has 30 heavy (non-hydrogen) atoms. The zero-order chi connectivity index (χ0) is 20.9. The van der Waals surface area contributed by atoms with Gasteiger partial charge in [0.25, 0.3) is 5.91 Å². The Labute approximate surface area is 174 Å². The highest BCUT2D eigenvalue weighted by Gasteiger charge is 2.12. The van der Waals surface area contributed by atoms with E-state index in [2.05, 4.69) is 30.6 Å². The van der Waals surface area contributed by atoms with Gasteiger partial charge in [0.1, 0.15) is 17.3 Å². The number of benzene rings is 1. The minimum Gasteiger partial charge on any atom is -0.346 e. The summed E-state index contributed by atoms with van der Waals surface area (Å²) in [6.45, 7) is 1.19. The van der Waals surface area contributed by atoms with Gasteiger partial charge in [0.15, 0.2) is 0 Å². The van der Waals surface area contributed by atoms with Crippen molar-refractivity contribution in [3.63, 3.8) is 0 Å². The van der Waals surface area contributed by atoms with Gasteiger partial charge in [-0.05, 0) is 12.1 Å². The van der Waals surface area contributed by atoms with E-state index in [4.69, 9.17) is 0 Å². The number of rotatable bonds is 8. The van der Waals surface area contributed by atoms with E-state index in [1.165, 1.54) is 11.3 Å². The average Bonchev–Trinajstić information content (AvgIpc) is 3.37. The molecule has 0 radical (unpaired) electrons. The number of hydrogen-bond acceptors (Lipinski definition) is 6. The number of fused-ring (bicyclic) bond motifs is 1. The van der Waals surface area contributed by atoms with Crippen LogP contribution in [0.2, 0.25) is 0 Å². The maximum absolute atomic E-state index is 13.6. The number of carbonyl (C=O) groups is 1. The Hall–Kier alpha value is -3.24. The van der Waals surface area contributed by atoms with Gasteiger partial charge >= 0.3 is 0 Å². The molecule has 4 rings (SSSR count). The Morgan fingerprint density at radius 3 is 2.87 bits per heavy atom. The maximum Gasteiger partial charge on any atom is 0.271 e. The van der Waals surface area contributed by atoms with Crippen LogP contribution in [0.4, 0.5) is 8.78 Å². The molecule has 3 heterocycles. The van der Waals surface area contributed by atoms with Crippen molar-refractivity contribution in [1.82, 2.24) is 30.6 Å². The number of pyridine rings is 1. The van der Waals surface area contributed by atoms with E-state index in [0.29, 0.717) is 25.6 Å². The molecule has 0 unspecified atom stereocenters. The standard InChI is InChI=1S/C20H18F2N6OS/c21-13-7-17(22)24-8-12(13)9-25-20(29)16-11-30-19(28-16)5-6-23-10-18-26-14-3-1-2-4-15(14)27-18/h1-4,7-8,11,23H,5-6,9-10H2,(H,25,29)(H,26,27). The number of hydrogen-bond donors (Lipinski definition) is 3. The molecule has 0 aliphatic carbocycles. The zero-order valence-electron chi connectivity index (χ0n) is 15.8. The van der Waals surface area contributed by atoms with Gasteiger partial charge in [-0.25, -0.2) is 19.3 Å². The lowest BCUT2D eigenvalue weighted by Gasteiger charge is -2.04. The summed E-state index contributed by atoms with van der Waals surface area (Å²) in [5.41, 5.74) is 2.31. The first-order valence-corrected chi connectivity index (χ1v) is 10.1. The summed E-state index contributed by atoms with van der Waals surface area (Å²) in [7, 11) is 0. The molecule has 0 atom stereocenters. The number of imidazole rings is 1. The SMILES string of the molecule is O=C(NCc1cnc(F)cc1F)c1csc(CCNCc2nc3ccccc3[nH]2)n1. The van der Waals surface area contributed by atoms with Crippen molar-refractivity contribution < 1.29 is 13.6 Å². The second-order valence-electron chi connectivity index (χ2n) is 6.54. The van der Waals surface area contributed by atoms with Crippen LogP contribution < -0.4 is 10.6 Å². The molecule has 1 amide bonds. The molecule has 3 aromatic heterocycles. The highest BCUT2D eigenvalue weighted by molar-refractivity contribution is 7.09. The fourth-order valence-electron chi connectivity index (χ4n) is 2.85. The van der Waals surface area contributed by atoms with Crippen LogP contribution in [0.3, 0.4) is 0 Å². The van der Waals surface area contributed by atoms with Crippen LogP contribution in [-0.4, -0.2) is 32.4 Å². The highest BCUT2D eigenvalue weighted by Crippen LogP contribution is 2.12. The van der Waals surface area contributed by atoms with Crippen molar-refractivity contribution in [3.8, 4) is 0 Å². The third-order valence-corrected chi connectivity index (χ3v) is 5.28. The van der Waals surface area contributed by atoms with Gasteiger partial charge in [-0.3, -0.25) is 4.79 Å². The molecule has 0 saturated heterocycles. The number of aromatic amines is 1. The number of aromatic nitrogens is 4. The Morgan fingerprint density at radius 2 is 2.03 bits per heavy atom. The van der Waals surface area contributed by atoms with Crippen LogP contribution in [0.5, 0.6) is 0 Å². The van der Waals surface area contributed by atoms with Crippen LogP contribution in [0.25, 0.3) is 11.0 Å². The number of carbonyl (C=O) groups excluding carboxylic acids is 1. The van der Waals surface area contributed by atoms with Gasteiger partial charge in [0.2, 0.25) is 5.95 Å². The Bertz CT molecular complexity index is 1140. The number of amides is 1. The molecule has 7 nitrogen and oxygen atoms in total. The van der Waals surface area contributed by atoms with Gasteiger partial charge in [0.05, 0.1) is 22.6 Å². The lowest BCUT2D eigenvalue weighted by Crippen LogP contribution is -2.24. The lowest BCUT2D eigenvalue weighted by molar-refractivity contribution is 0.0946. The fraction of sp³-hybridized carbons (Fsp3) is 0.200. The van der Waals surface area contributed by atoms with Crippen molar-refractivity contribution >= 4 is 28.3 Å². The number of nitrogens with one attached hydrogen (secondary N) is 3. The molecule has 3 N–H and O–H groups in total. The van der Waals surface area contributed by atoms with Crippen molar-refractivity contribution in [1.29, 1.82) is 0 Å². The molecule has 4 aromatic rings. The summed E-state index contributed by atoms with van der Waals surface area (Å²) in [5.74, 6) is -1.22. The van der Waals surface area contributed by atoms with E-state index in [0.717, 1.165) is 28.1 Å². The molecule has 0 aliphatic rings. The number of halogens is 2. The molecule has 0 bridgehead atoms. The smallest absolute Gasteiger partial charge is 0.271 e. The summed E-state index contributed by atoms with van der Waals surface area (Å²) < 4.78 is 26.4. The quantitative estimate of drug-likeness (QED) is 0.296. The molecule has 0 fully saturated rings. The van der Waals surface area contributed by atoms with Crippen LogP contribution in [-0.2, 0) is 19.5 Å². The molecule has 0 aliphatic heterocycles. The summed E-state index contributed by atoms with van der Waals surface area (Å²) in [6.07, 6.45) is 1.72. The first-order chi connectivity index (χ1) is 14.6. The predicted molar refractivity (Wildman–Crippen MR) is 109 cm³/mol. The maximum atomic E-state index is 13.6. The van der Waals surface area contributed by atoms with Gasteiger partial charge < -0.3 is 15.6 Å². The van der Waals surface area contributed by atoms with Crippen LogP contribution in [0.1, 0.15) is 26.9 Å². The van der Waals surface area contributed by atoms with Crippen molar-refractivity contribution in [3.05, 3.63) is 75.8 Å². The average molecular weight is 428 g/mol. The van der Waals surface area contributed by atoms with Crippen LogP contribution >= 0.6 is 11.3 Å². The molecule has 0 saturated carbocycles. The van der Waals surface area contributed by atoms with Crippen molar-refractivity contribution in [2.75, 3.05) is 6.54 Å². The first kappa shape index (κ1) is 20.0. The topological polar surface area (TPSA) is 95.6 Å². The van der Waals surface area contributed by atoms with Gasteiger partial charge in [-0.1, -0.05) is 12.1 Å². The monoisotopic (exact) mass is 428 g/mol. The van der Waals surface area contributed by atoms with Crippen molar-refractivity contribution in [2.24, 2.45) is 0 Å². The molecular weight excluding hydrogens is 410 g/mol. The lowest BCUT2D eigenvalue weighted by atomic mass is 10.2. The number of nitrogens with zero attached hydrogens (tertiary/aromatic N) is 3. The number of H-pyrrole nitrogens is 1. The zero-order valence-corrected chi connectivity index (χ0v) is 16.6. The third kappa shape index (κ3) is 4.84. The minimum absolute atomic E-state index is 0.0934. The summed E-state index contributed by atoms with van der Waals surface area (Å²) in [5, 5.41) is 8.33. The molecule has 10 heteroatoms. The van der Waals surface area contributed by atoms with E-state index in [-0.39, 0.29) is 17.8 Å². The molecule has 1 aromatic carbocycles. The molecular formula is C20H18F2N6OS. The van der Waals surface area contributed by atoms with Crippen LogP contribution in [0, 0.1) is 11.8 Å². The third-order valence-electron chi connectivity index (χ3n) is 4.37. The minimum atomic E-state index is -0.902. The second kappa shape index (κ2) is 9.06. The van der Waals surface area contributed by atoms with Crippen LogP contribution in [0.15, 0.2) is 41.9 Å². The summed E-state index contributed by atoms with van der Waals surface area (Å²) in [6, 6.07) is 8.53. The Kier molecular flexibility index (Phi) is 6.05. The van der Waals surface area contributed by atoms with Gasteiger partial charge in [-0.2, -0.15) is 4.39 Å². The van der Waals surface area contributed by atoms with E-state index in [9.17, 15) is 13.6 Å². The second-order valence-corrected chi connectivity index (χ2v) is 7.48. The molecule has 154 valence electrons.